The Morgan fingerprint density at radius 3 is 2.62 bits per heavy atom. The van der Waals surface area contributed by atoms with Crippen LogP contribution in [-0.2, 0) is 16.0 Å². The van der Waals surface area contributed by atoms with Crippen LogP contribution in [0.4, 0.5) is 0 Å². The normalized spacial score (nSPS) is 11.4. The first-order valence-electron chi connectivity index (χ1n) is 7.07. The maximum atomic E-state index is 11.4. The summed E-state index contributed by atoms with van der Waals surface area (Å²) in [7, 11) is 1.62. The van der Waals surface area contributed by atoms with Gasteiger partial charge in [0.05, 0.1) is 18.7 Å². The molecule has 4 heteroatoms. The highest BCUT2D eigenvalue weighted by Gasteiger charge is 2.12. The summed E-state index contributed by atoms with van der Waals surface area (Å²) in [6.45, 7) is 8.18. The van der Waals surface area contributed by atoms with E-state index in [1.807, 2.05) is 26.8 Å². The predicted molar refractivity (Wildman–Crippen MR) is 86.2 cm³/mol. The Kier molecular flexibility index (Phi) is 6.76. The van der Waals surface area contributed by atoms with E-state index in [9.17, 15) is 4.79 Å². The number of methoxy groups -OCH3 is 1. The molecule has 0 bridgehead atoms. The molecule has 21 heavy (non-hydrogen) atoms. The zero-order valence-electron chi connectivity index (χ0n) is 13.4. The van der Waals surface area contributed by atoms with E-state index in [2.05, 4.69) is 0 Å². The van der Waals surface area contributed by atoms with E-state index in [0.717, 1.165) is 29.5 Å². The van der Waals surface area contributed by atoms with Crippen molar-refractivity contribution in [3.63, 3.8) is 0 Å². The van der Waals surface area contributed by atoms with Crippen LogP contribution in [0, 0.1) is 13.8 Å². The molecular weight excluding hydrogens is 288 g/mol. The molecule has 0 aromatic heterocycles. The third-order valence-corrected chi connectivity index (χ3v) is 3.93. The molecule has 0 aliphatic heterocycles. The molecule has 0 saturated heterocycles. The Balaban J connectivity index is 2.85. The molecule has 0 N–H and O–H groups in total. The Morgan fingerprint density at radius 2 is 2.05 bits per heavy atom. The standard InChI is InChI=1S/C17H23ClO3/c1-6-21-16(19)9-11(2)7-8-14-12(3)10-15(20-5)17(18)13(14)4/h9-10H,6-8H2,1-5H3/b11-9+. The molecule has 0 saturated carbocycles. The van der Waals surface area contributed by atoms with Crippen LogP contribution >= 0.6 is 11.6 Å². The number of benzene rings is 1. The summed E-state index contributed by atoms with van der Waals surface area (Å²) in [5, 5.41) is 0.658. The van der Waals surface area contributed by atoms with Crippen molar-refractivity contribution in [1.29, 1.82) is 0 Å². The third-order valence-electron chi connectivity index (χ3n) is 3.46. The Labute approximate surface area is 131 Å². The van der Waals surface area contributed by atoms with E-state index in [1.54, 1.807) is 20.1 Å². The van der Waals surface area contributed by atoms with E-state index in [0.29, 0.717) is 17.4 Å². The molecule has 0 spiro atoms. The van der Waals surface area contributed by atoms with Crippen molar-refractivity contribution in [2.75, 3.05) is 13.7 Å². The van der Waals surface area contributed by atoms with Crippen molar-refractivity contribution in [3.05, 3.63) is 39.4 Å². The van der Waals surface area contributed by atoms with E-state index < -0.39 is 0 Å². The van der Waals surface area contributed by atoms with Gasteiger partial charge in [-0.2, -0.15) is 0 Å². The highest BCUT2D eigenvalue weighted by molar-refractivity contribution is 6.33. The van der Waals surface area contributed by atoms with Crippen molar-refractivity contribution in [2.45, 2.75) is 40.5 Å². The molecule has 0 atom stereocenters. The van der Waals surface area contributed by atoms with E-state index in [1.165, 1.54) is 5.56 Å². The highest BCUT2D eigenvalue weighted by Crippen LogP contribution is 2.33. The van der Waals surface area contributed by atoms with Crippen molar-refractivity contribution in [2.24, 2.45) is 0 Å². The number of carbonyl (C=O) groups excluding carboxylic acids is 1. The molecule has 1 rings (SSSR count). The first kappa shape index (κ1) is 17.6. The molecular formula is C17H23ClO3. The fraction of sp³-hybridized carbons (Fsp3) is 0.471. The van der Waals surface area contributed by atoms with Crippen LogP contribution in [-0.4, -0.2) is 19.7 Å². The first-order chi connectivity index (χ1) is 9.90. The SMILES string of the molecule is CCOC(=O)/C=C(\C)CCc1c(C)cc(OC)c(Cl)c1C. The van der Waals surface area contributed by atoms with Gasteiger partial charge in [-0.15, -0.1) is 0 Å². The number of hydrogen-bond donors (Lipinski definition) is 0. The van der Waals surface area contributed by atoms with Crippen molar-refractivity contribution in [1.82, 2.24) is 0 Å². The second kappa shape index (κ2) is 8.08. The Morgan fingerprint density at radius 1 is 1.38 bits per heavy atom. The smallest absolute Gasteiger partial charge is 0.330 e. The second-order valence-corrected chi connectivity index (χ2v) is 5.43. The molecule has 0 radical (unpaired) electrons. The first-order valence-corrected chi connectivity index (χ1v) is 7.45. The Bertz CT molecular complexity index is 547. The quantitative estimate of drug-likeness (QED) is 0.577. The van der Waals surface area contributed by atoms with Gasteiger partial charge >= 0.3 is 5.97 Å². The summed E-state index contributed by atoms with van der Waals surface area (Å²) in [4.78, 5) is 11.4. The van der Waals surface area contributed by atoms with Crippen LogP contribution in [0.15, 0.2) is 17.7 Å². The lowest BCUT2D eigenvalue weighted by molar-refractivity contribution is -0.137. The van der Waals surface area contributed by atoms with Gasteiger partial charge in [0, 0.05) is 6.08 Å². The molecule has 0 aliphatic rings. The zero-order chi connectivity index (χ0) is 16.0. The minimum Gasteiger partial charge on any atom is -0.495 e. The summed E-state index contributed by atoms with van der Waals surface area (Å²) < 4.78 is 10.2. The van der Waals surface area contributed by atoms with Gasteiger partial charge in [-0.3, -0.25) is 0 Å². The van der Waals surface area contributed by atoms with Crippen LogP contribution in [0.5, 0.6) is 5.75 Å². The van der Waals surface area contributed by atoms with Crippen molar-refractivity contribution in [3.8, 4) is 5.75 Å². The number of rotatable bonds is 6. The minimum atomic E-state index is -0.281. The maximum absolute atomic E-state index is 11.4. The largest absolute Gasteiger partial charge is 0.495 e. The molecule has 3 nitrogen and oxygen atoms in total. The summed E-state index contributed by atoms with van der Waals surface area (Å²) in [6, 6.07) is 1.95. The van der Waals surface area contributed by atoms with Crippen molar-refractivity contribution < 1.29 is 14.3 Å². The van der Waals surface area contributed by atoms with Gasteiger partial charge in [0.15, 0.2) is 0 Å². The lowest BCUT2D eigenvalue weighted by Gasteiger charge is -2.15. The molecule has 0 unspecified atom stereocenters. The van der Waals surface area contributed by atoms with E-state index >= 15 is 0 Å². The summed E-state index contributed by atoms with van der Waals surface area (Å²) in [5.41, 5.74) is 4.40. The third kappa shape index (κ3) is 4.78. The molecule has 0 amide bonds. The minimum absolute atomic E-state index is 0.281. The lowest BCUT2D eigenvalue weighted by Crippen LogP contribution is -2.02. The fourth-order valence-corrected chi connectivity index (χ4v) is 2.52. The highest BCUT2D eigenvalue weighted by atomic mass is 35.5. The van der Waals surface area contributed by atoms with Gasteiger partial charge < -0.3 is 9.47 Å². The predicted octanol–water partition coefficient (Wildman–Crippen LogP) is 4.41. The summed E-state index contributed by atoms with van der Waals surface area (Å²) in [5.74, 6) is 0.422. The average molecular weight is 311 g/mol. The van der Waals surface area contributed by atoms with Crippen LogP contribution in [0.2, 0.25) is 5.02 Å². The van der Waals surface area contributed by atoms with Gasteiger partial charge in [-0.25, -0.2) is 4.79 Å². The van der Waals surface area contributed by atoms with E-state index in [4.69, 9.17) is 21.1 Å². The Hall–Kier alpha value is -1.48. The van der Waals surface area contributed by atoms with Gasteiger partial charge in [-0.05, 0) is 63.3 Å². The number of carbonyl (C=O) groups is 1. The van der Waals surface area contributed by atoms with Gasteiger partial charge in [-0.1, -0.05) is 17.2 Å². The number of allylic oxidation sites excluding steroid dienone is 1. The monoisotopic (exact) mass is 310 g/mol. The average Bonchev–Trinajstić information content (AvgIpc) is 2.42. The summed E-state index contributed by atoms with van der Waals surface area (Å²) in [6.07, 6.45) is 3.19. The molecule has 1 aromatic rings. The van der Waals surface area contributed by atoms with Crippen LogP contribution in [0.25, 0.3) is 0 Å². The molecule has 0 fully saturated rings. The summed E-state index contributed by atoms with van der Waals surface area (Å²) >= 11 is 6.30. The van der Waals surface area contributed by atoms with Crippen molar-refractivity contribution >= 4 is 17.6 Å². The van der Waals surface area contributed by atoms with E-state index in [-0.39, 0.29) is 5.97 Å². The van der Waals surface area contributed by atoms with Crippen LogP contribution in [0.1, 0.15) is 37.0 Å². The number of aryl methyl sites for hydroxylation is 1. The fourth-order valence-electron chi connectivity index (χ4n) is 2.27. The number of ether oxygens (including phenoxy) is 2. The van der Waals surface area contributed by atoms with Crippen LogP contribution < -0.4 is 4.74 Å². The van der Waals surface area contributed by atoms with Gasteiger partial charge in [0.2, 0.25) is 0 Å². The number of hydrogen-bond acceptors (Lipinski definition) is 3. The maximum Gasteiger partial charge on any atom is 0.330 e. The van der Waals surface area contributed by atoms with Gasteiger partial charge in [0.25, 0.3) is 0 Å². The molecule has 0 heterocycles. The number of esters is 1. The van der Waals surface area contributed by atoms with Crippen LogP contribution in [0.3, 0.4) is 0 Å². The van der Waals surface area contributed by atoms with Gasteiger partial charge in [0.1, 0.15) is 5.75 Å². The lowest BCUT2D eigenvalue weighted by atomic mass is 9.96. The zero-order valence-corrected chi connectivity index (χ0v) is 14.1. The molecule has 116 valence electrons. The number of halogens is 1. The molecule has 1 aromatic carbocycles. The molecule has 0 aliphatic carbocycles. The second-order valence-electron chi connectivity index (χ2n) is 5.06. The topological polar surface area (TPSA) is 35.5 Å².